The SMILES string of the molecule is CCC1CCC2C3CC(OCc4cccc(N)c4)C4CC(OC(=O)c5cccc(N)c5)CCC4(C)C3CCC12C. The van der Waals surface area contributed by atoms with Gasteiger partial charge in [-0.05, 0) is 128 Å². The number of benzene rings is 2. The Hall–Kier alpha value is -2.53. The number of fused-ring (bicyclic) bond motifs is 5. The van der Waals surface area contributed by atoms with E-state index in [1.807, 2.05) is 24.3 Å². The summed E-state index contributed by atoms with van der Waals surface area (Å²) < 4.78 is 13.0. The second kappa shape index (κ2) is 10.7. The Morgan fingerprint density at radius 2 is 1.60 bits per heavy atom. The molecule has 9 unspecified atom stereocenters. The van der Waals surface area contributed by atoms with Crippen molar-refractivity contribution < 1.29 is 14.3 Å². The lowest BCUT2D eigenvalue weighted by molar-refractivity contribution is -0.188. The zero-order valence-electron chi connectivity index (χ0n) is 24.6. The average molecular weight is 545 g/mol. The van der Waals surface area contributed by atoms with Gasteiger partial charge in [-0.1, -0.05) is 45.4 Å². The van der Waals surface area contributed by atoms with Crippen LogP contribution in [0.4, 0.5) is 11.4 Å². The molecule has 5 heteroatoms. The van der Waals surface area contributed by atoms with Crippen molar-refractivity contribution in [2.45, 2.75) is 97.4 Å². The van der Waals surface area contributed by atoms with Crippen LogP contribution in [0.5, 0.6) is 0 Å². The van der Waals surface area contributed by atoms with Crippen LogP contribution in [0, 0.1) is 40.4 Å². The highest BCUT2D eigenvalue weighted by Crippen LogP contribution is 2.68. The van der Waals surface area contributed by atoms with Gasteiger partial charge in [-0.2, -0.15) is 0 Å². The summed E-state index contributed by atoms with van der Waals surface area (Å²) in [6.45, 7) is 8.13. The summed E-state index contributed by atoms with van der Waals surface area (Å²) in [4.78, 5) is 13.1. The number of hydrogen-bond acceptors (Lipinski definition) is 5. The van der Waals surface area contributed by atoms with Crippen molar-refractivity contribution in [1.29, 1.82) is 0 Å². The van der Waals surface area contributed by atoms with Crippen molar-refractivity contribution in [3.05, 3.63) is 59.7 Å². The van der Waals surface area contributed by atoms with E-state index in [2.05, 4.69) is 26.8 Å². The molecule has 0 aromatic heterocycles. The van der Waals surface area contributed by atoms with Crippen molar-refractivity contribution in [2.75, 3.05) is 11.5 Å². The molecule has 0 radical (unpaired) electrons. The fourth-order valence-electron chi connectivity index (χ4n) is 10.1. The number of ether oxygens (including phenoxy) is 2. The molecule has 2 aromatic carbocycles. The molecule has 0 aliphatic heterocycles. The highest BCUT2D eigenvalue weighted by molar-refractivity contribution is 5.90. The fourth-order valence-corrected chi connectivity index (χ4v) is 10.1. The van der Waals surface area contributed by atoms with Gasteiger partial charge in [-0.25, -0.2) is 4.79 Å². The zero-order chi connectivity index (χ0) is 28.1. The van der Waals surface area contributed by atoms with Gasteiger partial charge in [0.15, 0.2) is 0 Å². The van der Waals surface area contributed by atoms with Crippen molar-refractivity contribution in [3.8, 4) is 0 Å². The molecular weight excluding hydrogens is 496 g/mol. The predicted molar refractivity (Wildman–Crippen MR) is 160 cm³/mol. The standard InChI is InChI=1S/C35H48N2O3/c1-4-24-11-12-29-28-20-32(39-21-22-7-5-9-25(36)17-22)31-19-27(40-33(38)23-8-6-10-26(37)18-23)13-15-35(31,3)30(28)14-16-34(24,29)2/h5-10,17-18,24,27-32H,4,11-16,19-21,36-37H2,1-3H3. The third-order valence-electron chi connectivity index (χ3n) is 12.1. The number of nitrogens with two attached hydrogens (primary N) is 2. The van der Waals surface area contributed by atoms with E-state index in [0.29, 0.717) is 35.1 Å². The molecule has 0 spiro atoms. The van der Waals surface area contributed by atoms with Crippen molar-refractivity contribution in [1.82, 2.24) is 0 Å². The third kappa shape index (κ3) is 4.82. The first-order chi connectivity index (χ1) is 19.2. The number of rotatable bonds is 6. The Labute approximate surface area is 240 Å². The van der Waals surface area contributed by atoms with Crippen LogP contribution in [0.1, 0.15) is 94.5 Å². The van der Waals surface area contributed by atoms with Crippen LogP contribution >= 0.6 is 0 Å². The lowest BCUT2D eigenvalue weighted by atomic mass is 9.44. The molecule has 0 saturated heterocycles. The zero-order valence-corrected chi connectivity index (χ0v) is 24.6. The summed E-state index contributed by atoms with van der Waals surface area (Å²) in [6, 6.07) is 15.2. The molecule has 4 aliphatic carbocycles. The van der Waals surface area contributed by atoms with E-state index in [0.717, 1.165) is 54.7 Å². The van der Waals surface area contributed by atoms with Gasteiger partial charge in [0.2, 0.25) is 0 Å². The molecule has 4 aliphatic rings. The number of hydrogen-bond donors (Lipinski definition) is 2. The lowest BCUT2D eigenvalue weighted by Gasteiger charge is -2.62. The largest absolute Gasteiger partial charge is 0.459 e. The van der Waals surface area contributed by atoms with Gasteiger partial charge in [0.25, 0.3) is 0 Å². The molecular formula is C35H48N2O3. The molecule has 40 heavy (non-hydrogen) atoms. The van der Waals surface area contributed by atoms with Crippen LogP contribution in [-0.2, 0) is 16.1 Å². The number of anilines is 2. The van der Waals surface area contributed by atoms with Gasteiger partial charge < -0.3 is 20.9 Å². The van der Waals surface area contributed by atoms with Gasteiger partial charge in [0.1, 0.15) is 6.10 Å². The highest BCUT2D eigenvalue weighted by atomic mass is 16.5. The van der Waals surface area contributed by atoms with Crippen LogP contribution in [0.3, 0.4) is 0 Å². The first-order valence-corrected chi connectivity index (χ1v) is 15.7. The molecule has 0 amide bonds. The summed E-state index contributed by atoms with van der Waals surface area (Å²) in [5.74, 6) is 3.20. The minimum absolute atomic E-state index is 0.0909. The van der Waals surface area contributed by atoms with Crippen molar-refractivity contribution >= 4 is 17.3 Å². The van der Waals surface area contributed by atoms with E-state index in [4.69, 9.17) is 20.9 Å². The molecule has 9 atom stereocenters. The maximum atomic E-state index is 13.1. The Morgan fingerprint density at radius 1 is 0.875 bits per heavy atom. The predicted octanol–water partition coefficient (Wildman–Crippen LogP) is 7.64. The molecule has 0 bridgehead atoms. The second-order valence-corrected chi connectivity index (χ2v) is 14.0. The molecule has 216 valence electrons. The van der Waals surface area contributed by atoms with E-state index in [1.165, 1.54) is 32.1 Å². The van der Waals surface area contributed by atoms with E-state index in [9.17, 15) is 4.79 Å². The van der Waals surface area contributed by atoms with Crippen molar-refractivity contribution in [3.63, 3.8) is 0 Å². The second-order valence-electron chi connectivity index (χ2n) is 14.0. The van der Waals surface area contributed by atoms with Crippen LogP contribution < -0.4 is 11.5 Å². The first kappa shape index (κ1) is 27.6. The van der Waals surface area contributed by atoms with E-state index < -0.39 is 0 Å². The minimum atomic E-state index is -0.267. The average Bonchev–Trinajstić information content (AvgIpc) is 3.28. The van der Waals surface area contributed by atoms with Crippen LogP contribution in [0.15, 0.2) is 48.5 Å². The Bertz CT molecular complexity index is 1230. The summed E-state index contributed by atoms with van der Waals surface area (Å²) >= 11 is 0. The number of esters is 1. The topological polar surface area (TPSA) is 87.6 Å². The quantitative estimate of drug-likeness (QED) is 0.288. The maximum Gasteiger partial charge on any atom is 0.338 e. The maximum absolute atomic E-state index is 13.1. The molecule has 4 saturated carbocycles. The van der Waals surface area contributed by atoms with E-state index >= 15 is 0 Å². The monoisotopic (exact) mass is 544 g/mol. The van der Waals surface area contributed by atoms with Gasteiger partial charge in [-0.3, -0.25) is 0 Å². The number of nitrogen functional groups attached to an aromatic ring is 2. The number of carbonyl (C=O) groups is 1. The Kier molecular flexibility index (Phi) is 7.39. The van der Waals surface area contributed by atoms with Gasteiger partial charge in [0.05, 0.1) is 18.3 Å². The van der Waals surface area contributed by atoms with Gasteiger partial charge in [0, 0.05) is 11.4 Å². The summed E-state index contributed by atoms with van der Waals surface area (Å²) in [7, 11) is 0. The molecule has 5 nitrogen and oxygen atoms in total. The normalized spacial score (nSPS) is 38.6. The first-order valence-electron chi connectivity index (χ1n) is 15.7. The smallest absolute Gasteiger partial charge is 0.338 e. The summed E-state index contributed by atoms with van der Waals surface area (Å²) in [6.07, 6.45) is 10.8. The minimum Gasteiger partial charge on any atom is -0.459 e. The highest BCUT2D eigenvalue weighted by Gasteiger charge is 2.62. The summed E-state index contributed by atoms with van der Waals surface area (Å²) in [5.41, 5.74) is 15.7. The summed E-state index contributed by atoms with van der Waals surface area (Å²) in [5, 5.41) is 0. The molecule has 4 N–H and O–H groups in total. The van der Waals surface area contributed by atoms with Crippen LogP contribution in [-0.4, -0.2) is 18.2 Å². The van der Waals surface area contributed by atoms with E-state index in [1.54, 1.807) is 18.2 Å². The molecule has 4 fully saturated rings. The number of carbonyl (C=O) groups excluding carboxylic acids is 1. The fraction of sp³-hybridized carbons (Fsp3) is 0.629. The third-order valence-corrected chi connectivity index (χ3v) is 12.1. The van der Waals surface area contributed by atoms with Crippen molar-refractivity contribution in [2.24, 2.45) is 40.4 Å². The van der Waals surface area contributed by atoms with Gasteiger partial charge >= 0.3 is 5.97 Å². The lowest BCUT2D eigenvalue weighted by Crippen LogP contribution is -2.58. The van der Waals surface area contributed by atoms with Gasteiger partial charge in [-0.15, -0.1) is 0 Å². The van der Waals surface area contributed by atoms with Crippen LogP contribution in [0.2, 0.25) is 0 Å². The molecule has 2 aromatic rings. The van der Waals surface area contributed by atoms with Crippen LogP contribution in [0.25, 0.3) is 0 Å². The van der Waals surface area contributed by atoms with E-state index in [-0.39, 0.29) is 23.6 Å². The molecule has 6 rings (SSSR count). The molecule has 0 heterocycles. The Morgan fingerprint density at radius 3 is 2.35 bits per heavy atom. The Balaban J connectivity index is 1.25.